The summed E-state index contributed by atoms with van der Waals surface area (Å²) in [5, 5.41) is 13.2. The molecule has 1 amide bonds. The van der Waals surface area contributed by atoms with Crippen molar-refractivity contribution < 1.29 is 14.6 Å². The molecule has 176 valence electrons. The number of carbonyl (C=O) groups excluding carboxylic acids is 1. The molecule has 2 aliphatic carbocycles. The van der Waals surface area contributed by atoms with Crippen molar-refractivity contribution in [3.63, 3.8) is 0 Å². The van der Waals surface area contributed by atoms with E-state index in [0.717, 1.165) is 67.3 Å². The minimum atomic E-state index is 0.0636. The molecule has 2 saturated carbocycles. The largest absolute Gasteiger partial charge is 0.504 e. The molecular weight excluding hydrogens is 414 g/mol. The lowest BCUT2D eigenvalue weighted by Crippen LogP contribution is -2.39. The lowest BCUT2D eigenvalue weighted by molar-refractivity contribution is 0.0920. The third-order valence-corrected chi connectivity index (χ3v) is 7.99. The van der Waals surface area contributed by atoms with Gasteiger partial charge in [0.2, 0.25) is 0 Å². The highest BCUT2D eigenvalue weighted by atomic mass is 16.5. The Hall–Kier alpha value is -2.60. The number of benzene rings is 1. The van der Waals surface area contributed by atoms with Crippen molar-refractivity contribution in [2.75, 3.05) is 20.2 Å². The third kappa shape index (κ3) is 4.72. The average molecular weight is 450 g/mol. The smallest absolute Gasteiger partial charge is 0.253 e. The van der Waals surface area contributed by atoms with Gasteiger partial charge in [-0.3, -0.25) is 14.7 Å². The van der Waals surface area contributed by atoms with E-state index in [0.29, 0.717) is 23.6 Å². The number of phenols is 1. The summed E-state index contributed by atoms with van der Waals surface area (Å²) in [7, 11) is 1.57. The van der Waals surface area contributed by atoms with Gasteiger partial charge in [-0.2, -0.15) is 0 Å². The summed E-state index contributed by atoms with van der Waals surface area (Å²) in [5.74, 6) is 2.53. The molecule has 1 aliphatic heterocycles. The maximum Gasteiger partial charge on any atom is 0.253 e. The molecule has 3 atom stereocenters. The zero-order chi connectivity index (χ0) is 22.9. The summed E-state index contributed by atoms with van der Waals surface area (Å²) < 4.78 is 5.25. The van der Waals surface area contributed by atoms with Gasteiger partial charge in [-0.1, -0.05) is 12.5 Å². The molecule has 1 aromatic heterocycles. The van der Waals surface area contributed by atoms with E-state index in [4.69, 9.17) is 9.72 Å². The van der Waals surface area contributed by atoms with Crippen molar-refractivity contribution in [2.24, 2.45) is 11.8 Å². The Morgan fingerprint density at radius 3 is 2.67 bits per heavy atom. The molecule has 33 heavy (non-hydrogen) atoms. The number of amides is 1. The maximum absolute atomic E-state index is 13.3. The van der Waals surface area contributed by atoms with Crippen LogP contribution in [-0.2, 0) is 6.54 Å². The molecule has 0 spiro atoms. The van der Waals surface area contributed by atoms with Gasteiger partial charge in [-0.05, 0) is 93.8 Å². The maximum atomic E-state index is 13.3. The van der Waals surface area contributed by atoms with E-state index in [1.54, 1.807) is 13.2 Å². The minimum absolute atomic E-state index is 0.0636. The van der Waals surface area contributed by atoms with Crippen LogP contribution in [0.15, 0.2) is 30.3 Å². The number of piperidine rings is 1. The Labute approximate surface area is 196 Å². The van der Waals surface area contributed by atoms with Crippen LogP contribution >= 0.6 is 0 Å². The number of nitrogens with one attached hydrogen (secondary N) is 1. The number of aromatic nitrogens is 1. The molecule has 3 fully saturated rings. The number of carbonyl (C=O) groups is 1. The Kier molecular flexibility index (Phi) is 6.28. The van der Waals surface area contributed by atoms with Gasteiger partial charge >= 0.3 is 0 Å². The lowest BCUT2D eigenvalue weighted by atomic mass is 9.89. The number of aromatic hydroxyl groups is 1. The summed E-state index contributed by atoms with van der Waals surface area (Å²) in [4.78, 5) is 20.5. The molecule has 6 nitrogen and oxygen atoms in total. The van der Waals surface area contributed by atoms with Crippen LogP contribution in [0.3, 0.4) is 0 Å². The summed E-state index contributed by atoms with van der Waals surface area (Å²) >= 11 is 0. The number of hydrogen-bond donors (Lipinski definition) is 2. The van der Waals surface area contributed by atoms with Crippen molar-refractivity contribution in [2.45, 2.75) is 64.0 Å². The first kappa shape index (κ1) is 22.2. The van der Waals surface area contributed by atoms with Crippen LogP contribution in [0, 0.1) is 18.8 Å². The predicted molar refractivity (Wildman–Crippen MR) is 128 cm³/mol. The number of methoxy groups -OCH3 is 1. The monoisotopic (exact) mass is 449 g/mol. The second kappa shape index (κ2) is 9.34. The fourth-order valence-corrected chi connectivity index (χ4v) is 6.19. The molecule has 2 N–H and O–H groups in total. The van der Waals surface area contributed by atoms with Gasteiger partial charge in [-0.15, -0.1) is 0 Å². The van der Waals surface area contributed by atoms with E-state index < -0.39 is 0 Å². The van der Waals surface area contributed by atoms with E-state index in [1.807, 2.05) is 31.2 Å². The van der Waals surface area contributed by atoms with Crippen LogP contribution in [0.4, 0.5) is 0 Å². The highest BCUT2D eigenvalue weighted by molar-refractivity contribution is 5.95. The zero-order valence-electron chi connectivity index (χ0n) is 19.7. The number of hydrogen-bond acceptors (Lipinski definition) is 5. The van der Waals surface area contributed by atoms with Crippen molar-refractivity contribution in [3.05, 3.63) is 52.8 Å². The predicted octanol–water partition coefficient (Wildman–Crippen LogP) is 4.40. The van der Waals surface area contributed by atoms with E-state index in [9.17, 15) is 9.90 Å². The van der Waals surface area contributed by atoms with Gasteiger partial charge in [0.15, 0.2) is 11.5 Å². The van der Waals surface area contributed by atoms with Crippen LogP contribution in [0.5, 0.6) is 11.5 Å². The zero-order valence-corrected chi connectivity index (χ0v) is 19.7. The molecule has 0 radical (unpaired) electrons. The summed E-state index contributed by atoms with van der Waals surface area (Å²) in [6.07, 6.45) is 7.00. The fourth-order valence-electron chi connectivity index (χ4n) is 6.19. The van der Waals surface area contributed by atoms with Crippen molar-refractivity contribution >= 4 is 5.91 Å². The molecule has 1 saturated heterocycles. The molecule has 3 unspecified atom stereocenters. The van der Waals surface area contributed by atoms with Gasteiger partial charge in [0.25, 0.3) is 5.91 Å². The van der Waals surface area contributed by atoms with Gasteiger partial charge in [0.05, 0.1) is 18.4 Å². The van der Waals surface area contributed by atoms with Crippen molar-refractivity contribution in [1.29, 1.82) is 0 Å². The normalized spacial score (nSPS) is 25.3. The van der Waals surface area contributed by atoms with Crippen LogP contribution < -0.4 is 10.1 Å². The highest BCUT2D eigenvalue weighted by Crippen LogP contribution is 2.44. The second-order valence-corrected chi connectivity index (χ2v) is 10.2. The Morgan fingerprint density at radius 2 is 1.97 bits per heavy atom. The Balaban J connectivity index is 1.24. The van der Waals surface area contributed by atoms with Gasteiger partial charge in [0.1, 0.15) is 0 Å². The number of ether oxygens (including phenoxy) is 1. The molecular formula is C27H35N3O3. The first-order chi connectivity index (χ1) is 16.0. The van der Waals surface area contributed by atoms with E-state index >= 15 is 0 Å². The number of pyridine rings is 1. The number of aryl methyl sites for hydroxylation is 1. The number of fused-ring (bicyclic) bond motifs is 2. The lowest BCUT2D eigenvalue weighted by Gasteiger charge is -2.32. The standard InChI is InChI=1S/C27H35N3O3/c1-17-3-7-22(27(32)29-23-14-18-4-6-21(23)13-18)26(28-17)20-9-11-30(12-10-20)16-19-5-8-24(31)25(15-19)33-2/h3,5,7-8,15,18,20-21,23,31H,4,6,9-14,16H2,1-2H3,(H,29,32). The molecule has 2 heterocycles. The first-order valence-corrected chi connectivity index (χ1v) is 12.4. The summed E-state index contributed by atoms with van der Waals surface area (Å²) in [6, 6.07) is 9.83. The van der Waals surface area contributed by atoms with Crippen LogP contribution in [0.2, 0.25) is 0 Å². The molecule has 1 aromatic carbocycles. The van der Waals surface area contributed by atoms with Crippen LogP contribution in [0.1, 0.15) is 71.8 Å². The number of rotatable bonds is 6. The van der Waals surface area contributed by atoms with E-state index in [1.165, 1.54) is 19.3 Å². The van der Waals surface area contributed by atoms with E-state index in [2.05, 4.69) is 10.2 Å². The second-order valence-electron chi connectivity index (χ2n) is 10.2. The van der Waals surface area contributed by atoms with Crippen molar-refractivity contribution in [1.82, 2.24) is 15.2 Å². The van der Waals surface area contributed by atoms with Gasteiger partial charge < -0.3 is 15.2 Å². The molecule has 2 aromatic rings. The number of likely N-dealkylation sites (tertiary alicyclic amines) is 1. The van der Waals surface area contributed by atoms with Gasteiger partial charge in [-0.25, -0.2) is 0 Å². The molecule has 5 rings (SSSR count). The molecule has 3 aliphatic rings. The number of nitrogens with zero attached hydrogens (tertiary/aromatic N) is 2. The van der Waals surface area contributed by atoms with Crippen LogP contribution in [0.25, 0.3) is 0 Å². The molecule has 6 heteroatoms. The average Bonchev–Trinajstić information content (AvgIpc) is 3.44. The van der Waals surface area contributed by atoms with Crippen LogP contribution in [-0.4, -0.2) is 47.1 Å². The van der Waals surface area contributed by atoms with Gasteiger partial charge in [0, 0.05) is 24.2 Å². The highest BCUT2D eigenvalue weighted by Gasteiger charge is 2.40. The molecule has 2 bridgehead atoms. The fraction of sp³-hybridized carbons (Fsp3) is 0.556. The summed E-state index contributed by atoms with van der Waals surface area (Å²) in [5.41, 5.74) is 3.84. The van der Waals surface area contributed by atoms with E-state index in [-0.39, 0.29) is 11.7 Å². The SMILES string of the molecule is COc1cc(CN2CCC(c3nc(C)ccc3C(=O)NC3CC4CCC3C4)CC2)ccc1O. The number of phenolic OH excluding ortho intramolecular Hbond substituents is 1. The topological polar surface area (TPSA) is 74.7 Å². The van der Waals surface area contributed by atoms with Crippen molar-refractivity contribution in [3.8, 4) is 11.5 Å². The Bertz CT molecular complexity index is 1020. The summed E-state index contributed by atoms with van der Waals surface area (Å²) in [6.45, 7) is 4.74. The first-order valence-electron chi connectivity index (χ1n) is 12.4. The quantitative estimate of drug-likeness (QED) is 0.684. The minimum Gasteiger partial charge on any atom is -0.504 e. The Morgan fingerprint density at radius 1 is 1.15 bits per heavy atom. The third-order valence-electron chi connectivity index (χ3n) is 7.99.